The minimum Gasteiger partial charge on any atom is -0.325 e. The Morgan fingerprint density at radius 1 is 1.39 bits per heavy atom. The maximum atomic E-state index is 11.7. The van der Waals surface area contributed by atoms with Crippen LogP contribution in [0.5, 0.6) is 0 Å². The molecular weight excluding hydrogens is 248 g/mol. The molecule has 18 heavy (non-hydrogen) atoms. The van der Waals surface area contributed by atoms with Crippen molar-refractivity contribution in [2.75, 3.05) is 5.32 Å². The highest BCUT2D eigenvalue weighted by Crippen LogP contribution is 2.18. The van der Waals surface area contributed by atoms with Crippen LogP contribution in [-0.4, -0.2) is 11.9 Å². The predicted octanol–water partition coefficient (Wildman–Crippen LogP) is 3.30. The van der Waals surface area contributed by atoms with Crippen molar-refractivity contribution in [2.24, 2.45) is 5.73 Å². The van der Waals surface area contributed by atoms with Gasteiger partial charge in [-0.05, 0) is 30.0 Å². The molecule has 1 unspecified atom stereocenters. The zero-order valence-corrected chi connectivity index (χ0v) is 12.1. The summed E-state index contributed by atoms with van der Waals surface area (Å²) in [4.78, 5) is 11.7. The number of nitrogens with two attached hydrogens (primary N) is 1. The molecule has 0 saturated carbocycles. The lowest BCUT2D eigenvalue weighted by atomic mass is 10.0. The highest BCUT2D eigenvalue weighted by atomic mass is 35.5. The van der Waals surface area contributed by atoms with E-state index in [1.807, 2.05) is 25.1 Å². The molecule has 1 amide bonds. The second kappa shape index (κ2) is 8.11. The second-order valence-corrected chi connectivity index (χ2v) is 4.66. The Hall–Kier alpha value is -1.06. The van der Waals surface area contributed by atoms with Gasteiger partial charge in [-0.25, -0.2) is 0 Å². The Morgan fingerprint density at radius 2 is 2.06 bits per heavy atom. The topological polar surface area (TPSA) is 55.1 Å². The average molecular weight is 271 g/mol. The van der Waals surface area contributed by atoms with E-state index in [0.29, 0.717) is 5.92 Å². The van der Waals surface area contributed by atoms with Crippen LogP contribution >= 0.6 is 12.4 Å². The van der Waals surface area contributed by atoms with Crippen LogP contribution in [0, 0.1) is 0 Å². The third-order valence-electron chi connectivity index (χ3n) is 2.76. The van der Waals surface area contributed by atoms with Crippen LogP contribution in [-0.2, 0) is 4.79 Å². The molecule has 0 saturated heterocycles. The second-order valence-electron chi connectivity index (χ2n) is 4.66. The fraction of sp³-hybridized carbons (Fsp3) is 0.500. The molecule has 0 aliphatic carbocycles. The van der Waals surface area contributed by atoms with E-state index in [0.717, 1.165) is 18.5 Å². The quantitative estimate of drug-likeness (QED) is 0.863. The standard InChI is InChI=1S/C14H22N2O.ClH/c1-4-6-13(15)14(17)16-12-8-5-7-11(9-12)10(2)3;/h5,7-10,13H,4,6,15H2,1-3H3,(H,16,17);1H. The van der Waals surface area contributed by atoms with Crippen LogP contribution in [0.2, 0.25) is 0 Å². The lowest BCUT2D eigenvalue weighted by molar-refractivity contribution is -0.117. The molecule has 1 atom stereocenters. The molecule has 0 spiro atoms. The fourth-order valence-corrected chi connectivity index (χ4v) is 1.65. The maximum absolute atomic E-state index is 11.7. The van der Waals surface area contributed by atoms with Gasteiger partial charge in [0, 0.05) is 5.69 Å². The predicted molar refractivity (Wildman–Crippen MR) is 79.3 cm³/mol. The van der Waals surface area contributed by atoms with Crippen molar-refractivity contribution in [1.82, 2.24) is 0 Å². The van der Waals surface area contributed by atoms with Gasteiger partial charge in [-0.2, -0.15) is 0 Å². The van der Waals surface area contributed by atoms with Crippen LogP contribution in [0.15, 0.2) is 24.3 Å². The van der Waals surface area contributed by atoms with Crippen molar-refractivity contribution >= 4 is 24.0 Å². The molecule has 4 heteroatoms. The lowest BCUT2D eigenvalue weighted by Crippen LogP contribution is -2.35. The highest BCUT2D eigenvalue weighted by Gasteiger charge is 2.12. The first-order chi connectivity index (χ1) is 8.04. The van der Waals surface area contributed by atoms with Crippen LogP contribution in [0.3, 0.4) is 0 Å². The third-order valence-corrected chi connectivity index (χ3v) is 2.76. The first-order valence-corrected chi connectivity index (χ1v) is 6.21. The molecule has 3 nitrogen and oxygen atoms in total. The Balaban J connectivity index is 0.00000289. The van der Waals surface area contributed by atoms with Crippen LogP contribution in [0.4, 0.5) is 5.69 Å². The summed E-state index contributed by atoms with van der Waals surface area (Å²) < 4.78 is 0. The summed E-state index contributed by atoms with van der Waals surface area (Å²) in [5.74, 6) is 0.351. The van der Waals surface area contributed by atoms with Crippen molar-refractivity contribution in [2.45, 2.75) is 45.6 Å². The van der Waals surface area contributed by atoms with Gasteiger partial charge < -0.3 is 11.1 Å². The first-order valence-electron chi connectivity index (χ1n) is 6.21. The van der Waals surface area contributed by atoms with E-state index in [9.17, 15) is 4.79 Å². The van der Waals surface area contributed by atoms with Crippen LogP contribution in [0.1, 0.15) is 45.1 Å². The van der Waals surface area contributed by atoms with E-state index < -0.39 is 6.04 Å². The Kier molecular flexibility index (Phi) is 7.64. The number of nitrogens with one attached hydrogen (secondary N) is 1. The van der Waals surface area contributed by atoms with Crippen molar-refractivity contribution in [3.63, 3.8) is 0 Å². The molecule has 0 radical (unpaired) electrons. The fourth-order valence-electron chi connectivity index (χ4n) is 1.65. The van der Waals surface area contributed by atoms with Crippen molar-refractivity contribution in [3.05, 3.63) is 29.8 Å². The van der Waals surface area contributed by atoms with Gasteiger partial charge >= 0.3 is 0 Å². The van der Waals surface area contributed by atoms with E-state index in [-0.39, 0.29) is 18.3 Å². The molecule has 0 bridgehead atoms. The summed E-state index contributed by atoms with van der Waals surface area (Å²) in [5.41, 5.74) is 7.80. The Bertz CT molecular complexity index is 380. The summed E-state index contributed by atoms with van der Waals surface area (Å²) in [6.45, 7) is 6.28. The summed E-state index contributed by atoms with van der Waals surface area (Å²) in [6, 6.07) is 7.49. The van der Waals surface area contributed by atoms with Crippen molar-refractivity contribution in [1.29, 1.82) is 0 Å². The molecule has 0 heterocycles. The maximum Gasteiger partial charge on any atom is 0.241 e. The first kappa shape index (κ1) is 16.9. The molecule has 0 aromatic heterocycles. The number of carbonyl (C=O) groups excluding carboxylic acids is 1. The third kappa shape index (κ3) is 5.07. The zero-order valence-electron chi connectivity index (χ0n) is 11.3. The molecular formula is C14H23ClN2O. The monoisotopic (exact) mass is 270 g/mol. The van der Waals surface area contributed by atoms with Gasteiger partial charge in [-0.3, -0.25) is 4.79 Å². The average Bonchev–Trinajstić information content (AvgIpc) is 2.29. The molecule has 0 fully saturated rings. The molecule has 102 valence electrons. The Labute approximate surface area is 116 Å². The van der Waals surface area contributed by atoms with Gasteiger partial charge in [-0.1, -0.05) is 39.3 Å². The van der Waals surface area contributed by atoms with Gasteiger partial charge in [0.15, 0.2) is 0 Å². The molecule has 1 rings (SSSR count). The van der Waals surface area contributed by atoms with Crippen LogP contribution in [0.25, 0.3) is 0 Å². The van der Waals surface area contributed by atoms with Crippen LogP contribution < -0.4 is 11.1 Å². The van der Waals surface area contributed by atoms with Gasteiger partial charge in [-0.15, -0.1) is 12.4 Å². The van der Waals surface area contributed by atoms with Gasteiger partial charge in [0.25, 0.3) is 0 Å². The normalized spacial score (nSPS) is 11.8. The molecule has 0 aliphatic rings. The SMILES string of the molecule is CCCC(N)C(=O)Nc1cccc(C(C)C)c1.Cl. The minimum atomic E-state index is -0.414. The Morgan fingerprint density at radius 3 is 2.61 bits per heavy atom. The number of amides is 1. The minimum absolute atomic E-state index is 0. The number of benzene rings is 1. The molecule has 0 aliphatic heterocycles. The number of hydrogen-bond acceptors (Lipinski definition) is 2. The van der Waals surface area contributed by atoms with Gasteiger partial charge in [0.1, 0.15) is 0 Å². The van der Waals surface area contributed by atoms with Gasteiger partial charge in [0.2, 0.25) is 5.91 Å². The highest BCUT2D eigenvalue weighted by molar-refractivity contribution is 5.94. The smallest absolute Gasteiger partial charge is 0.241 e. The number of rotatable bonds is 5. The summed E-state index contributed by atoms with van der Waals surface area (Å²) >= 11 is 0. The zero-order chi connectivity index (χ0) is 12.8. The summed E-state index contributed by atoms with van der Waals surface area (Å²) in [7, 11) is 0. The lowest BCUT2D eigenvalue weighted by Gasteiger charge is -2.13. The summed E-state index contributed by atoms with van der Waals surface area (Å²) in [6.07, 6.45) is 1.64. The summed E-state index contributed by atoms with van der Waals surface area (Å²) in [5, 5.41) is 2.86. The molecule has 1 aromatic rings. The number of hydrogen-bond donors (Lipinski definition) is 2. The van der Waals surface area contributed by atoms with E-state index >= 15 is 0 Å². The van der Waals surface area contributed by atoms with Gasteiger partial charge in [0.05, 0.1) is 6.04 Å². The van der Waals surface area contributed by atoms with E-state index in [1.54, 1.807) is 0 Å². The molecule has 1 aromatic carbocycles. The van der Waals surface area contributed by atoms with E-state index in [4.69, 9.17) is 5.73 Å². The van der Waals surface area contributed by atoms with Crippen molar-refractivity contribution in [3.8, 4) is 0 Å². The largest absolute Gasteiger partial charge is 0.325 e. The van der Waals surface area contributed by atoms with E-state index in [2.05, 4.69) is 25.2 Å². The number of anilines is 1. The van der Waals surface area contributed by atoms with E-state index in [1.165, 1.54) is 5.56 Å². The van der Waals surface area contributed by atoms with Crippen molar-refractivity contribution < 1.29 is 4.79 Å². The molecule has 3 N–H and O–H groups in total. The number of carbonyl (C=O) groups is 1. The number of halogens is 1.